The number of imidazole rings is 1. The largest absolute Gasteiger partial charge is 0.364 e. The van der Waals surface area contributed by atoms with Crippen molar-refractivity contribution in [1.82, 2.24) is 30.0 Å². The van der Waals surface area contributed by atoms with Crippen LogP contribution in [0, 0.1) is 6.92 Å². The molecule has 0 spiro atoms. The zero-order chi connectivity index (χ0) is 19.3. The Morgan fingerprint density at radius 2 is 2.18 bits per heavy atom. The van der Waals surface area contributed by atoms with Gasteiger partial charge < -0.3 is 19.6 Å². The molecule has 0 radical (unpaired) electrons. The van der Waals surface area contributed by atoms with E-state index in [1.807, 2.05) is 25.1 Å². The van der Waals surface area contributed by atoms with E-state index in [1.165, 1.54) is 19.3 Å². The molecular weight excluding hydrogens is 356 g/mol. The molecule has 1 saturated carbocycles. The van der Waals surface area contributed by atoms with Crippen molar-refractivity contribution < 1.29 is 9.53 Å². The molecule has 0 aliphatic heterocycles. The first-order valence-corrected chi connectivity index (χ1v) is 9.88. The topological polar surface area (TPSA) is 97.7 Å². The molecule has 8 heteroatoms. The molecule has 0 saturated heterocycles. The fourth-order valence-corrected chi connectivity index (χ4v) is 3.82. The third-order valence-electron chi connectivity index (χ3n) is 5.29. The van der Waals surface area contributed by atoms with E-state index in [4.69, 9.17) is 4.74 Å². The number of nitrogens with one attached hydrogen (secondary N) is 2. The number of hydrogen-bond acceptors (Lipinski definition) is 5. The van der Waals surface area contributed by atoms with Crippen molar-refractivity contribution in [2.45, 2.75) is 58.2 Å². The number of fused-ring (bicyclic) bond motifs is 1. The van der Waals surface area contributed by atoms with Crippen LogP contribution in [-0.2, 0) is 22.7 Å². The number of carbonyl (C=O) groups excluding carboxylic acids is 1. The van der Waals surface area contributed by atoms with Crippen LogP contribution >= 0.6 is 0 Å². The van der Waals surface area contributed by atoms with Gasteiger partial charge in [0.05, 0.1) is 17.6 Å². The van der Waals surface area contributed by atoms with Crippen molar-refractivity contribution in [3.63, 3.8) is 0 Å². The first kappa shape index (κ1) is 18.6. The number of benzene rings is 1. The molecular formula is C20H26N6O2. The molecule has 1 amide bonds. The van der Waals surface area contributed by atoms with Gasteiger partial charge in [0, 0.05) is 6.04 Å². The van der Waals surface area contributed by atoms with Gasteiger partial charge in [-0.2, -0.15) is 0 Å². The fourth-order valence-electron chi connectivity index (χ4n) is 3.82. The van der Waals surface area contributed by atoms with Gasteiger partial charge in [-0.15, -0.1) is 10.2 Å². The second-order valence-electron chi connectivity index (χ2n) is 7.37. The lowest BCUT2D eigenvalue weighted by Crippen LogP contribution is -2.29. The smallest absolute Gasteiger partial charge is 0.246 e. The second-order valence-corrected chi connectivity index (χ2v) is 7.37. The number of ether oxygens (including phenoxy) is 1. The zero-order valence-electron chi connectivity index (χ0n) is 16.1. The third kappa shape index (κ3) is 4.22. The maximum absolute atomic E-state index is 12.1. The van der Waals surface area contributed by atoms with Gasteiger partial charge in [0.2, 0.25) is 5.91 Å². The van der Waals surface area contributed by atoms with Crippen molar-refractivity contribution in [3.05, 3.63) is 41.7 Å². The van der Waals surface area contributed by atoms with E-state index in [0.29, 0.717) is 18.4 Å². The highest BCUT2D eigenvalue weighted by molar-refractivity contribution is 5.78. The van der Waals surface area contributed by atoms with E-state index < -0.39 is 0 Å². The first-order chi connectivity index (χ1) is 13.7. The zero-order valence-corrected chi connectivity index (χ0v) is 16.1. The summed E-state index contributed by atoms with van der Waals surface area (Å²) in [6.45, 7) is 2.63. The predicted octanol–water partition coefficient (Wildman–Crippen LogP) is 2.80. The number of amides is 1. The minimum absolute atomic E-state index is 0.0202. The molecule has 1 aliphatic rings. The van der Waals surface area contributed by atoms with Crippen LogP contribution in [0.25, 0.3) is 11.0 Å². The number of nitrogens with zero attached hydrogens (tertiary/aromatic N) is 4. The quantitative estimate of drug-likeness (QED) is 0.655. The van der Waals surface area contributed by atoms with Crippen LogP contribution in [-0.4, -0.2) is 37.2 Å². The molecule has 1 aromatic carbocycles. The van der Waals surface area contributed by atoms with Gasteiger partial charge in [-0.25, -0.2) is 4.98 Å². The normalized spacial score (nSPS) is 15.2. The van der Waals surface area contributed by atoms with Gasteiger partial charge in [-0.1, -0.05) is 31.4 Å². The van der Waals surface area contributed by atoms with E-state index >= 15 is 0 Å². The van der Waals surface area contributed by atoms with Crippen LogP contribution in [0.2, 0.25) is 0 Å². The Labute approximate surface area is 163 Å². The molecule has 8 nitrogen and oxygen atoms in total. The lowest BCUT2D eigenvalue weighted by Gasteiger charge is -2.24. The molecule has 148 valence electrons. The summed E-state index contributed by atoms with van der Waals surface area (Å²) < 4.78 is 7.63. The third-order valence-corrected chi connectivity index (χ3v) is 5.29. The summed E-state index contributed by atoms with van der Waals surface area (Å²) in [5.41, 5.74) is 3.03. The molecule has 1 aliphatic carbocycles. The van der Waals surface area contributed by atoms with Crippen LogP contribution in [0.1, 0.15) is 55.4 Å². The van der Waals surface area contributed by atoms with Gasteiger partial charge in [-0.3, -0.25) is 4.79 Å². The molecule has 0 atom stereocenters. The molecule has 3 aromatic rings. The summed E-state index contributed by atoms with van der Waals surface area (Å²) in [7, 11) is 0. The summed E-state index contributed by atoms with van der Waals surface area (Å²) in [5, 5.41) is 11.1. The molecule has 2 aromatic heterocycles. The number of para-hydroxylation sites is 1. The van der Waals surface area contributed by atoms with Crippen LogP contribution < -0.4 is 5.32 Å². The number of aromatic amines is 1. The van der Waals surface area contributed by atoms with E-state index in [-0.39, 0.29) is 19.1 Å². The summed E-state index contributed by atoms with van der Waals surface area (Å²) in [4.78, 5) is 19.9. The van der Waals surface area contributed by atoms with Crippen molar-refractivity contribution in [1.29, 1.82) is 0 Å². The standard InChI is InChI=1S/C20H26N6O2/c1-14-6-5-9-16-20(14)24-17(23-16)11-28-12-19(27)21-10-18-25-22-13-26(18)15-7-3-2-4-8-15/h5-6,9,13,15H,2-4,7-8,10-12H2,1H3,(H,21,27)(H,23,24). The van der Waals surface area contributed by atoms with E-state index in [1.54, 1.807) is 6.33 Å². The Hall–Kier alpha value is -2.74. The van der Waals surface area contributed by atoms with Gasteiger partial charge in [-0.05, 0) is 31.4 Å². The Morgan fingerprint density at radius 1 is 1.32 bits per heavy atom. The highest BCUT2D eigenvalue weighted by Crippen LogP contribution is 2.28. The van der Waals surface area contributed by atoms with Crippen molar-refractivity contribution in [2.24, 2.45) is 0 Å². The number of carbonyl (C=O) groups is 1. The van der Waals surface area contributed by atoms with E-state index in [0.717, 1.165) is 35.3 Å². The average molecular weight is 382 g/mol. The lowest BCUT2D eigenvalue weighted by atomic mass is 9.95. The average Bonchev–Trinajstić information content (AvgIpc) is 3.34. The summed E-state index contributed by atoms with van der Waals surface area (Å²) in [6, 6.07) is 6.44. The second kappa shape index (κ2) is 8.52. The molecule has 28 heavy (non-hydrogen) atoms. The minimum atomic E-state index is -0.175. The van der Waals surface area contributed by atoms with Crippen molar-refractivity contribution in [3.8, 4) is 0 Å². The van der Waals surface area contributed by atoms with Crippen LogP contribution in [0.5, 0.6) is 0 Å². The lowest BCUT2D eigenvalue weighted by molar-refractivity contribution is -0.126. The number of H-pyrrole nitrogens is 1. The fraction of sp³-hybridized carbons (Fsp3) is 0.500. The Balaban J connectivity index is 1.25. The van der Waals surface area contributed by atoms with Crippen molar-refractivity contribution in [2.75, 3.05) is 6.61 Å². The Kier molecular flexibility index (Phi) is 5.66. The number of aryl methyl sites for hydroxylation is 1. The molecule has 1 fully saturated rings. The molecule has 2 N–H and O–H groups in total. The van der Waals surface area contributed by atoms with Gasteiger partial charge in [0.1, 0.15) is 25.4 Å². The maximum Gasteiger partial charge on any atom is 0.246 e. The Bertz CT molecular complexity index is 941. The molecule has 0 bridgehead atoms. The van der Waals surface area contributed by atoms with Crippen LogP contribution in [0.4, 0.5) is 0 Å². The highest BCUT2D eigenvalue weighted by atomic mass is 16.5. The molecule has 2 heterocycles. The van der Waals surface area contributed by atoms with Crippen molar-refractivity contribution >= 4 is 16.9 Å². The minimum Gasteiger partial charge on any atom is -0.364 e. The number of hydrogen-bond donors (Lipinski definition) is 2. The molecule has 0 unspecified atom stereocenters. The van der Waals surface area contributed by atoms with Gasteiger partial charge >= 0.3 is 0 Å². The summed E-state index contributed by atoms with van der Waals surface area (Å²) in [6.07, 6.45) is 7.86. The number of aromatic nitrogens is 5. The van der Waals surface area contributed by atoms with Crippen LogP contribution in [0.15, 0.2) is 24.5 Å². The van der Waals surface area contributed by atoms with E-state index in [9.17, 15) is 4.79 Å². The first-order valence-electron chi connectivity index (χ1n) is 9.88. The van der Waals surface area contributed by atoms with Gasteiger partial charge in [0.25, 0.3) is 0 Å². The SMILES string of the molecule is Cc1cccc2[nH]c(COCC(=O)NCc3nncn3C3CCCCC3)nc12. The Morgan fingerprint density at radius 3 is 3.00 bits per heavy atom. The highest BCUT2D eigenvalue weighted by Gasteiger charge is 2.18. The van der Waals surface area contributed by atoms with E-state index in [2.05, 4.69) is 30.0 Å². The molecule has 4 rings (SSSR count). The van der Waals surface area contributed by atoms with Gasteiger partial charge in [0.15, 0.2) is 5.82 Å². The maximum atomic E-state index is 12.1. The monoisotopic (exact) mass is 382 g/mol. The predicted molar refractivity (Wildman–Crippen MR) is 104 cm³/mol. The summed E-state index contributed by atoms with van der Waals surface area (Å²) >= 11 is 0. The number of rotatable bonds is 7. The summed E-state index contributed by atoms with van der Waals surface area (Å²) in [5.74, 6) is 1.34. The van der Waals surface area contributed by atoms with Crippen LogP contribution in [0.3, 0.4) is 0 Å².